The van der Waals surface area contributed by atoms with E-state index in [4.69, 9.17) is 4.74 Å². The zero-order valence-corrected chi connectivity index (χ0v) is 16.1. The van der Waals surface area contributed by atoms with Gasteiger partial charge in [0.05, 0.1) is 12.7 Å². The number of carbonyl (C=O) groups is 1. The molecule has 27 heavy (non-hydrogen) atoms. The van der Waals surface area contributed by atoms with Crippen molar-refractivity contribution in [3.8, 4) is 0 Å². The predicted octanol–water partition coefficient (Wildman–Crippen LogP) is 3.58. The summed E-state index contributed by atoms with van der Waals surface area (Å²) in [7, 11) is 1.88. The van der Waals surface area contributed by atoms with E-state index in [1.807, 2.05) is 37.2 Å². The summed E-state index contributed by atoms with van der Waals surface area (Å²) < 4.78 is 6.26. The topological polar surface area (TPSA) is 61.8 Å². The molecule has 1 saturated carbocycles. The summed E-state index contributed by atoms with van der Waals surface area (Å²) in [6.45, 7) is 2.51. The van der Waals surface area contributed by atoms with Crippen LogP contribution in [0.5, 0.6) is 0 Å². The van der Waals surface area contributed by atoms with Gasteiger partial charge in [-0.2, -0.15) is 0 Å². The number of aliphatic hydroxyl groups is 1. The van der Waals surface area contributed by atoms with Crippen molar-refractivity contribution in [3.63, 3.8) is 0 Å². The highest BCUT2D eigenvalue weighted by atomic mass is 16.5. The molecule has 0 radical (unpaired) electrons. The molecular weight excluding hydrogens is 340 g/mol. The monoisotopic (exact) mass is 368 g/mol. The summed E-state index contributed by atoms with van der Waals surface area (Å²) in [4.78, 5) is 13.6. The number of aliphatic hydroxyl groups excluding tert-OH is 1. The third kappa shape index (κ3) is 3.66. The Labute approximate surface area is 160 Å². The van der Waals surface area contributed by atoms with Crippen LogP contribution >= 0.6 is 0 Å². The standard InChI is InChI=1S/C22H28N2O3/c1-14-11-15(12-24(2)22(14)26)17-7-9-20-18(8-10-21(25)23-20)19(17)13-27-16-5-3-4-6-16/h7,9,11-12,16,22,26H,3-6,8,10,13H2,1-2H3,(H,23,25). The van der Waals surface area contributed by atoms with Gasteiger partial charge in [0, 0.05) is 25.4 Å². The average Bonchev–Trinajstić information content (AvgIpc) is 3.17. The number of nitrogens with zero attached hydrogens (tertiary/aromatic N) is 1. The molecule has 1 atom stereocenters. The number of likely N-dealkylation sites (N-methyl/N-ethyl adjacent to an activating group) is 1. The van der Waals surface area contributed by atoms with Gasteiger partial charge in [-0.1, -0.05) is 18.9 Å². The second-order valence-corrected chi connectivity index (χ2v) is 7.90. The van der Waals surface area contributed by atoms with Gasteiger partial charge in [-0.3, -0.25) is 4.79 Å². The molecule has 1 fully saturated rings. The van der Waals surface area contributed by atoms with Crippen LogP contribution in [0, 0.1) is 0 Å². The molecule has 1 unspecified atom stereocenters. The van der Waals surface area contributed by atoms with E-state index in [0.717, 1.165) is 41.7 Å². The highest BCUT2D eigenvalue weighted by Gasteiger charge is 2.25. The highest BCUT2D eigenvalue weighted by Crippen LogP contribution is 2.36. The second-order valence-electron chi connectivity index (χ2n) is 7.90. The fraction of sp³-hybridized carbons (Fsp3) is 0.500. The minimum absolute atomic E-state index is 0.0772. The van der Waals surface area contributed by atoms with Crippen LogP contribution in [0.4, 0.5) is 5.69 Å². The van der Waals surface area contributed by atoms with Crippen molar-refractivity contribution in [2.45, 2.75) is 64.4 Å². The smallest absolute Gasteiger partial charge is 0.224 e. The molecule has 3 aliphatic rings. The van der Waals surface area contributed by atoms with Crippen molar-refractivity contribution in [2.75, 3.05) is 12.4 Å². The Kier molecular flexibility index (Phi) is 5.06. The Morgan fingerprint density at radius 3 is 2.78 bits per heavy atom. The first kappa shape index (κ1) is 18.3. The van der Waals surface area contributed by atoms with Crippen molar-refractivity contribution in [3.05, 3.63) is 46.7 Å². The third-order valence-corrected chi connectivity index (χ3v) is 5.90. The van der Waals surface area contributed by atoms with Gasteiger partial charge in [-0.05, 0) is 66.2 Å². The van der Waals surface area contributed by atoms with Crippen LogP contribution in [0.15, 0.2) is 30.0 Å². The van der Waals surface area contributed by atoms with Crippen LogP contribution in [-0.2, 0) is 22.6 Å². The quantitative estimate of drug-likeness (QED) is 0.853. The lowest BCUT2D eigenvalue weighted by atomic mass is 9.89. The van der Waals surface area contributed by atoms with Gasteiger partial charge >= 0.3 is 0 Å². The first-order valence-electron chi connectivity index (χ1n) is 9.89. The van der Waals surface area contributed by atoms with Gasteiger partial charge in [-0.15, -0.1) is 0 Å². The van der Waals surface area contributed by atoms with Gasteiger partial charge in [0.25, 0.3) is 0 Å². The van der Waals surface area contributed by atoms with Gasteiger partial charge < -0.3 is 20.1 Å². The average molecular weight is 368 g/mol. The number of ether oxygens (including phenoxy) is 1. The van der Waals surface area contributed by atoms with Crippen LogP contribution in [0.3, 0.4) is 0 Å². The molecule has 0 bridgehead atoms. The number of fused-ring (bicyclic) bond motifs is 1. The highest BCUT2D eigenvalue weighted by molar-refractivity contribution is 5.95. The van der Waals surface area contributed by atoms with Crippen molar-refractivity contribution in [1.29, 1.82) is 0 Å². The number of carbonyl (C=O) groups excluding carboxylic acids is 1. The Balaban J connectivity index is 1.72. The van der Waals surface area contributed by atoms with Crippen molar-refractivity contribution < 1.29 is 14.6 Å². The normalized spacial score (nSPS) is 23.0. The first-order chi connectivity index (χ1) is 13.0. The van der Waals surface area contributed by atoms with E-state index in [-0.39, 0.29) is 5.91 Å². The van der Waals surface area contributed by atoms with Gasteiger partial charge in [0.1, 0.15) is 6.23 Å². The van der Waals surface area contributed by atoms with Gasteiger partial charge in [0.2, 0.25) is 5.91 Å². The molecule has 0 aromatic heterocycles. The van der Waals surface area contributed by atoms with E-state index < -0.39 is 6.23 Å². The molecule has 1 amide bonds. The zero-order chi connectivity index (χ0) is 19.0. The molecule has 5 nitrogen and oxygen atoms in total. The SMILES string of the molecule is CC1=CC(c2ccc3c(c2COC2CCCC2)CCC(=O)N3)=CN(C)C1O. The summed E-state index contributed by atoms with van der Waals surface area (Å²) in [5.74, 6) is 0.0772. The number of anilines is 1. The maximum Gasteiger partial charge on any atom is 0.224 e. The molecule has 144 valence electrons. The van der Waals surface area contributed by atoms with Crippen molar-refractivity contribution >= 4 is 17.2 Å². The van der Waals surface area contributed by atoms with E-state index in [1.54, 1.807) is 0 Å². The summed E-state index contributed by atoms with van der Waals surface area (Å²) in [6, 6.07) is 4.06. The molecule has 1 aromatic rings. The van der Waals surface area contributed by atoms with E-state index in [1.165, 1.54) is 24.0 Å². The fourth-order valence-electron chi connectivity index (χ4n) is 4.35. The molecule has 2 N–H and O–H groups in total. The Bertz CT molecular complexity index is 806. The van der Waals surface area contributed by atoms with E-state index >= 15 is 0 Å². The minimum atomic E-state index is -0.580. The summed E-state index contributed by atoms with van der Waals surface area (Å²) in [5, 5.41) is 13.2. The molecule has 1 aliphatic carbocycles. The first-order valence-corrected chi connectivity index (χ1v) is 9.89. The molecule has 0 saturated heterocycles. The molecule has 1 aromatic carbocycles. The van der Waals surface area contributed by atoms with E-state index in [2.05, 4.69) is 11.4 Å². The molecule has 0 spiro atoms. The number of nitrogens with one attached hydrogen (secondary N) is 1. The third-order valence-electron chi connectivity index (χ3n) is 5.90. The summed E-state index contributed by atoms with van der Waals surface area (Å²) in [6.07, 6.45) is 9.82. The van der Waals surface area contributed by atoms with Crippen LogP contribution in [0.1, 0.15) is 55.7 Å². The van der Waals surface area contributed by atoms with Gasteiger partial charge in [-0.25, -0.2) is 0 Å². The second kappa shape index (κ2) is 7.49. The number of amides is 1. The number of benzene rings is 1. The molecule has 5 heteroatoms. The lowest BCUT2D eigenvalue weighted by Crippen LogP contribution is -2.30. The minimum Gasteiger partial charge on any atom is -0.374 e. The number of allylic oxidation sites excluding steroid dienone is 2. The maximum absolute atomic E-state index is 11.8. The summed E-state index contributed by atoms with van der Waals surface area (Å²) >= 11 is 0. The Morgan fingerprint density at radius 2 is 2.04 bits per heavy atom. The molecule has 2 heterocycles. The molecule has 2 aliphatic heterocycles. The molecular formula is C22H28N2O3. The number of hydrogen-bond acceptors (Lipinski definition) is 4. The van der Waals surface area contributed by atoms with Crippen molar-refractivity contribution in [2.24, 2.45) is 0 Å². The van der Waals surface area contributed by atoms with E-state index in [0.29, 0.717) is 19.1 Å². The Morgan fingerprint density at radius 1 is 1.26 bits per heavy atom. The van der Waals surface area contributed by atoms with Crippen LogP contribution in [0.25, 0.3) is 5.57 Å². The zero-order valence-electron chi connectivity index (χ0n) is 16.1. The largest absolute Gasteiger partial charge is 0.374 e. The van der Waals surface area contributed by atoms with Crippen LogP contribution in [0.2, 0.25) is 0 Å². The summed E-state index contributed by atoms with van der Waals surface area (Å²) in [5.41, 5.74) is 6.38. The van der Waals surface area contributed by atoms with Crippen LogP contribution in [-0.4, -0.2) is 35.3 Å². The lowest BCUT2D eigenvalue weighted by Gasteiger charge is -2.30. The van der Waals surface area contributed by atoms with Gasteiger partial charge in [0.15, 0.2) is 0 Å². The number of rotatable bonds is 4. The molecule has 4 rings (SSSR count). The maximum atomic E-state index is 11.8. The number of hydrogen-bond donors (Lipinski definition) is 2. The Hall–Kier alpha value is -2.11. The van der Waals surface area contributed by atoms with E-state index in [9.17, 15) is 9.90 Å². The lowest BCUT2D eigenvalue weighted by molar-refractivity contribution is -0.116. The predicted molar refractivity (Wildman–Crippen MR) is 106 cm³/mol. The van der Waals surface area contributed by atoms with Crippen molar-refractivity contribution in [1.82, 2.24) is 4.90 Å². The fourth-order valence-corrected chi connectivity index (χ4v) is 4.35. The van der Waals surface area contributed by atoms with Crippen LogP contribution < -0.4 is 5.32 Å².